The summed E-state index contributed by atoms with van der Waals surface area (Å²) in [7, 11) is 1.63. The average molecular weight is 420 g/mol. The van der Waals surface area contributed by atoms with E-state index in [1.165, 1.54) is 17.3 Å². The molecular formula is C24H25N3O2S. The van der Waals surface area contributed by atoms with E-state index in [4.69, 9.17) is 15.2 Å². The maximum absolute atomic E-state index is 5.97. The number of methoxy groups -OCH3 is 1. The van der Waals surface area contributed by atoms with Crippen molar-refractivity contribution in [2.75, 3.05) is 7.11 Å². The van der Waals surface area contributed by atoms with Gasteiger partial charge in [0, 0.05) is 11.3 Å². The summed E-state index contributed by atoms with van der Waals surface area (Å²) in [4.78, 5) is 0. The monoisotopic (exact) mass is 419 g/mol. The predicted molar refractivity (Wildman–Crippen MR) is 125 cm³/mol. The van der Waals surface area contributed by atoms with Crippen LogP contribution in [0, 0.1) is 6.92 Å². The van der Waals surface area contributed by atoms with Gasteiger partial charge in [-0.05, 0) is 35.7 Å². The number of hydrogen-bond acceptors (Lipinski definition) is 5. The van der Waals surface area contributed by atoms with Crippen LogP contribution in [0.5, 0.6) is 11.5 Å². The van der Waals surface area contributed by atoms with E-state index in [0.29, 0.717) is 23.3 Å². The van der Waals surface area contributed by atoms with Gasteiger partial charge in [-0.1, -0.05) is 72.4 Å². The number of amidine groups is 1. The number of ether oxygens (including phenoxy) is 2. The first kappa shape index (κ1) is 21.5. The predicted octanol–water partition coefficient (Wildman–Crippen LogP) is 5.16. The second-order valence-electron chi connectivity index (χ2n) is 6.59. The lowest BCUT2D eigenvalue weighted by Gasteiger charge is -2.13. The fourth-order valence-electron chi connectivity index (χ4n) is 2.73. The number of rotatable bonds is 8. The highest BCUT2D eigenvalue weighted by Crippen LogP contribution is 2.30. The van der Waals surface area contributed by atoms with E-state index < -0.39 is 0 Å². The zero-order valence-corrected chi connectivity index (χ0v) is 17.9. The Hall–Kier alpha value is -3.25. The second-order valence-corrected chi connectivity index (χ2v) is 7.59. The minimum Gasteiger partial charge on any atom is -0.493 e. The molecule has 3 aromatic rings. The van der Waals surface area contributed by atoms with Crippen molar-refractivity contribution < 1.29 is 9.47 Å². The molecule has 2 N–H and O–H groups in total. The third kappa shape index (κ3) is 6.39. The summed E-state index contributed by atoms with van der Waals surface area (Å²) in [5.41, 5.74) is 10.1. The largest absolute Gasteiger partial charge is 0.493 e. The van der Waals surface area contributed by atoms with Crippen LogP contribution >= 0.6 is 11.8 Å². The van der Waals surface area contributed by atoms with Crippen molar-refractivity contribution in [3.8, 4) is 11.5 Å². The van der Waals surface area contributed by atoms with Gasteiger partial charge in [0.15, 0.2) is 16.7 Å². The topological polar surface area (TPSA) is 69.2 Å². The highest BCUT2D eigenvalue weighted by Gasteiger charge is 2.09. The van der Waals surface area contributed by atoms with Crippen molar-refractivity contribution in [2.45, 2.75) is 19.3 Å². The Balaban J connectivity index is 1.66. The van der Waals surface area contributed by atoms with Gasteiger partial charge in [0.25, 0.3) is 0 Å². The molecule has 3 aromatic carbocycles. The highest BCUT2D eigenvalue weighted by atomic mass is 32.2. The molecule has 0 aliphatic rings. The minimum atomic E-state index is 0.418. The molecule has 3 rings (SSSR count). The van der Waals surface area contributed by atoms with Crippen molar-refractivity contribution in [1.29, 1.82) is 0 Å². The standard InChI is InChI=1S/C24H25N3O2S/c1-18-13-22(28-2)23(29-16-19-9-5-3-6-10-19)14-21(18)15-26-27-24(25)30-17-20-11-7-4-8-12-20/h3-15H,16-17H2,1-2H3,(H2,25,27). The van der Waals surface area contributed by atoms with Crippen LogP contribution in [-0.4, -0.2) is 18.5 Å². The summed E-state index contributed by atoms with van der Waals surface area (Å²) in [6, 6.07) is 23.9. The molecule has 5 nitrogen and oxygen atoms in total. The van der Waals surface area contributed by atoms with E-state index in [-0.39, 0.29) is 0 Å². The molecule has 30 heavy (non-hydrogen) atoms. The summed E-state index contributed by atoms with van der Waals surface area (Å²) in [6.45, 7) is 2.44. The molecule has 0 radical (unpaired) electrons. The Morgan fingerprint density at radius 3 is 2.30 bits per heavy atom. The first-order chi connectivity index (χ1) is 14.7. The maximum atomic E-state index is 5.97. The Kier molecular flexibility index (Phi) is 7.92. The summed E-state index contributed by atoms with van der Waals surface area (Å²) in [6.07, 6.45) is 1.68. The van der Waals surface area contributed by atoms with Gasteiger partial charge in [-0.2, -0.15) is 5.10 Å². The van der Waals surface area contributed by atoms with Crippen molar-refractivity contribution in [3.05, 3.63) is 95.1 Å². The second kappa shape index (κ2) is 11.1. The molecule has 0 heterocycles. The summed E-state index contributed by atoms with van der Waals surface area (Å²) in [5.74, 6) is 2.09. The van der Waals surface area contributed by atoms with Gasteiger partial charge in [0.1, 0.15) is 6.61 Å². The van der Waals surface area contributed by atoms with Gasteiger partial charge in [-0.3, -0.25) is 0 Å². The normalized spacial score (nSPS) is 11.6. The van der Waals surface area contributed by atoms with Crippen molar-refractivity contribution in [2.24, 2.45) is 15.9 Å². The molecule has 0 amide bonds. The molecule has 0 aliphatic heterocycles. The van der Waals surface area contributed by atoms with Gasteiger partial charge in [-0.15, -0.1) is 5.10 Å². The fourth-order valence-corrected chi connectivity index (χ4v) is 3.34. The van der Waals surface area contributed by atoms with Gasteiger partial charge in [0.2, 0.25) is 0 Å². The van der Waals surface area contributed by atoms with E-state index in [2.05, 4.69) is 22.3 Å². The van der Waals surface area contributed by atoms with Crippen LogP contribution in [0.3, 0.4) is 0 Å². The molecule has 0 bridgehead atoms. The fraction of sp³-hybridized carbons (Fsp3) is 0.167. The Morgan fingerprint density at radius 2 is 1.63 bits per heavy atom. The Bertz CT molecular complexity index is 1010. The van der Waals surface area contributed by atoms with Crippen LogP contribution in [0.1, 0.15) is 22.3 Å². The Labute approximate surface area is 181 Å². The third-order valence-electron chi connectivity index (χ3n) is 4.37. The smallest absolute Gasteiger partial charge is 0.180 e. The SMILES string of the molecule is COc1cc(C)c(C=NN=C(N)SCc2ccccc2)cc1OCc1ccccc1. The summed E-state index contributed by atoms with van der Waals surface area (Å²) >= 11 is 1.45. The first-order valence-corrected chi connectivity index (χ1v) is 10.5. The number of hydrogen-bond donors (Lipinski definition) is 1. The quantitative estimate of drug-likeness (QED) is 0.311. The van der Waals surface area contributed by atoms with Crippen molar-refractivity contribution in [3.63, 3.8) is 0 Å². The highest BCUT2D eigenvalue weighted by molar-refractivity contribution is 8.13. The van der Waals surface area contributed by atoms with E-state index in [1.54, 1.807) is 13.3 Å². The van der Waals surface area contributed by atoms with Crippen molar-refractivity contribution in [1.82, 2.24) is 0 Å². The molecule has 0 unspecified atom stereocenters. The molecule has 0 aromatic heterocycles. The Morgan fingerprint density at radius 1 is 0.967 bits per heavy atom. The molecule has 0 saturated carbocycles. The summed E-state index contributed by atoms with van der Waals surface area (Å²) < 4.78 is 11.4. The molecule has 0 atom stereocenters. The molecule has 0 saturated heterocycles. The van der Waals surface area contributed by atoms with Gasteiger partial charge in [0.05, 0.1) is 13.3 Å². The van der Waals surface area contributed by atoms with Crippen LogP contribution in [-0.2, 0) is 12.4 Å². The van der Waals surface area contributed by atoms with Crippen LogP contribution in [0.4, 0.5) is 0 Å². The molecule has 0 fully saturated rings. The van der Waals surface area contributed by atoms with Crippen LogP contribution in [0.2, 0.25) is 0 Å². The maximum Gasteiger partial charge on any atom is 0.180 e. The minimum absolute atomic E-state index is 0.418. The zero-order valence-electron chi connectivity index (χ0n) is 17.1. The van der Waals surface area contributed by atoms with Crippen LogP contribution < -0.4 is 15.2 Å². The molecule has 6 heteroatoms. The van der Waals surface area contributed by atoms with Gasteiger partial charge < -0.3 is 15.2 Å². The lowest BCUT2D eigenvalue weighted by Crippen LogP contribution is -2.06. The molecular weight excluding hydrogens is 394 g/mol. The first-order valence-electron chi connectivity index (χ1n) is 9.54. The lowest BCUT2D eigenvalue weighted by molar-refractivity contribution is 0.284. The van der Waals surface area contributed by atoms with Crippen LogP contribution in [0.15, 0.2) is 83.0 Å². The van der Waals surface area contributed by atoms with Crippen molar-refractivity contribution >= 4 is 23.1 Å². The number of benzene rings is 3. The zero-order chi connectivity index (χ0) is 21.2. The summed E-state index contributed by atoms with van der Waals surface area (Å²) in [5, 5.41) is 8.66. The van der Waals surface area contributed by atoms with Gasteiger partial charge >= 0.3 is 0 Å². The number of aryl methyl sites for hydroxylation is 1. The van der Waals surface area contributed by atoms with E-state index in [0.717, 1.165) is 22.4 Å². The molecule has 0 spiro atoms. The number of nitrogens with two attached hydrogens (primary N) is 1. The average Bonchev–Trinajstić information content (AvgIpc) is 2.79. The van der Waals surface area contributed by atoms with E-state index in [9.17, 15) is 0 Å². The molecule has 154 valence electrons. The lowest BCUT2D eigenvalue weighted by atomic mass is 10.1. The van der Waals surface area contributed by atoms with Gasteiger partial charge in [-0.25, -0.2) is 0 Å². The third-order valence-corrected chi connectivity index (χ3v) is 5.23. The van der Waals surface area contributed by atoms with Crippen LogP contribution in [0.25, 0.3) is 0 Å². The molecule has 0 aliphatic carbocycles. The van der Waals surface area contributed by atoms with E-state index >= 15 is 0 Å². The number of nitrogens with zero attached hydrogens (tertiary/aromatic N) is 2. The number of thioether (sulfide) groups is 1. The van der Waals surface area contributed by atoms with E-state index in [1.807, 2.05) is 67.6 Å².